The SMILES string of the molecule is CCOc1nn(CCCC(=O)O)cc1[N+](=O)[O-]. The van der Waals surface area contributed by atoms with E-state index in [0.717, 1.165) is 0 Å². The van der Waals surface area contributed by atoms with Gasteiger partial charge in [0, 0.05) is 13.0 Å². The summed E-state index contributed by atoms with van der Waals surface area (Å²) in [7, 11) is 0. The number of aliphatic carboxylic acids is 1. The van der Waals surface area contributed by atoms with E-state index in [2.05, 4.69) is 5.10 Å². The molecular weight excluding hydrogens is 230 g/mol. The number of carboxylic acids is 1. The molecule has 0 amide bonds. The Bertz CT molecular complexity index is 415. The summed E-state index contributed by atoms with van der Waals surface area (Å²) in [6, 6.07) is 0. The number of aromatic nitrogens is 2. The zero-order valence-electron chi connectivity index (χ0n) is 9.33. The molecule has 1 rings (SSSR count). The molecule has 0 aliphatic carbocycles. The number of ether oxygens (including phenoxy) is 1. The third kappa shape index (κ3) is 3.74. The molecule has 0 aromatic carbocycles. The number of hydrogen-bond donors (Lipinski definition) is 1. The van der Waals surface area contributed by atoms with Crippen molar-refractivity contribution in [3.05, 3.63) is 16.3 Å². The summed E-state index contributed by atoms with van der Waals surface area (Å²) >= 11 is 0. The van der Waals surface area contributed by atoms with E-state index in [4.69, 9.17) is 9.84 Å². The topological polar surface area (TPSA) is 107 Å². The number of carbonyl (C=O) groups is 1. The summed E-state index contributed by atoms with van der Waals surface area (Å²) in [5.41, 5.74) is -0.206. The summed E-state index contributed by atoms with van der Waals surface area (Å²) in [6.07, 6.45) is 1.60. The second-order valence-electron chi connectivity index (χ2n) is 3.27. The molecule has 0 saturated heterocycles. The third-order valence-electron chi connectivity index (χ3n) is 1.97. The molecule has 8 heteroatoms. The first-order valence-electron chi connectivity index (χ1n) is 5.11. The van der Waals surface area contributed by atoms with Crippen molar-refractivity contribution in [3.8, 4) is 5.88 Å². The van der Waals surface area contributed by atoms with E-state index in [1.54, 1.807) is 6.92 Å². The van der Waals surface area contributed by atoms with Crippen LogP contribution in [0.4, 0.5) is 5.69 Å². The Morgan fingerprint density at radius 3 is 2.94 bits per heavy atom. The lowest BCUT2D eigenvalue weighted by molar-refractivity contribution is -0.385. The smallest absolute Gasteiger partial charge is 0.350 e. The van der Waals surface area contributed by atoms with Crippen LogP contribution in [0.2, 0.25) is 0 Å². The molecule has 94 valence electrons. The number of carboxylic acid groups (broad SMARTS) is 1. The highest BCUT2D eigenvalue weighted by Gasteiger charge is 2.20. The van der Waals surface area contributed by atoms with Crippen molar-refractivity contribution < 1.29 is 19.6 Å². The zero-order valence-corrected chi connectivity index (χ0v) is 9.33. The molecule has 1 aromatic heterocycles. The maximum atomic E-state index is 10.7. The average Bonchev–Trinajstić information content (AvgIpc) is 2.61. The van der Waals surface area contributed by atoms with Crippen LogP contribution in [-0.4, -0.2) is 32.4 Å². The van der Waals surface area contributed by atoms with Gasteiger partial charge in [0.15, 0.2) is 0 Å². The van der Waals surface area contributed by atoms with Crippen LogP contribution in [-0.2, 0) is 11.3 Å². The van der Waals surface area contributed by atoms with Crippen LogP contribution < -0.4 is 4.74 Å². The van der Waals surface area contributed by atoms with Crippen molar-refractivity contribution in [1.82, 2.24) is 9.78 Å². The quantitative estimate of drug-likeness (QED) is 0.566. The molecule has 1 aromatic rings. The van der Waals surface area contributed by atoms with Crippen molar-refractivity contribution >= 4 is 11.7 Å². The van der Waals surface area contributed by atoms with Gasteiger partial charge in [0.1, 0.15) is 6.20 Å². The van der Waals surface area contributed by atoms with Crippen molar-refractivity contribution in [2.24, 2.45) is 0 Å². The molecule has 0 spiro atoms. The lowest BCUT2D eigenvalue weighted by Crippen LogP contribution is -2.03. The van der Waals surface area contributed by atoms with Gasteiger partial charge in [-0.15, -0.1) is 5.10 Å². The molecule has 0 aliphatic rings. The highest BCUT2D eigenvalue weighted by Crippen LogP contribution is 2.24. The summed E-state index contributed by atoms with van der Waals surface area (Å²) < 4.78 is 6.34. The van der Waals surface area contributed by atoms with Gasteiger partial charge in [-0.2, -0.15) is 0 Å². The predicted octanol–water partition coefficient (Wildman–Crippen LogP) is 1.05. The molecule has 1 heterocycles. The van der Waals surface area contributed by atoms with Gasteiger partial charge in [-0.25, -0.2) is 0 Å². The van der Waals surface area contributed by atoms with Gasteiger partial charge >= 0.3 is 17.5 Å². The fourth-order valence-electron chi connectivity index (χ4n) is 1.26. The molecule has 0 bridgehead atoms. The van der Waals surface area contributed by atoms with Crippen LogP contribution >= 0.6 is 0 Å². The van der Waals surface area contributed by atoms with E-state index in [1.807, 2.05) is 0 Å². The lowest BCUT2D eigenvalue weighted by Gasteiger charge is -1.98. The first kappa shape index (κ1) is 12.9. The van der Waals surface area contributed by atoms with Crippen LogP contribution in [0.1, 0.15) is 19.8 Å². The monoisotopic (exact) mass is 243 g/mol. The maximum absolute atomic E-state index is 10.7. The Hall–Kier alpha value is -2.12. The van der Waals surface area contributed by atoms with E-state index in [-0.39, 0.29) is 24.6 Å². The van der Waals surface area contributed by atoms with Crippen LogP contribution in [0, 0.1) is 10.1 Å². The van der Waals surface area contributed by atoms with Gasteiger partial charge in [0.05, 0.1) is 11.5 Å². The van der Waals surface area contributed by atoms with Gasteiger partial charge < -0.3 is 9.84 Å². The molecular formula is C9H13N3O5. The molecule has 0 fully saturated rings. The standard InChI is InChI=1S/C9H13N3O5/c1-2-17-9-7(12(15)16)6-11(10-9)5-3-4-8(13)14/h6H,2-5H2,1H3,(H,13,14). The van der Waals surface area contributed by atoms with Crippen LogP contribution in [0.3, 0.4) is 0 Å². The van der Waals surface area contributed by atoms with Gasteiger partial charge in [-0.3, -0.25) is 19.6 Å². The van der Waals surface area contributed by atoms with Gasteiger partial charge in [0.25, 0.3) is 0 Å². The van der Waals surface area contributed by atoms with E-state index < -0.39 is 10.9 Å². The van der Waals surface area contributed by atoms with E-state index >= 15 is 0 Å². The Labute approximate surface area is 97.0 Å². The fourth-order valence-corrected chi connectivity index (χ4v) is 1.26. The van der Waals surface area contributed by atoms with Gasteiger partial charge in [-0.1, -0.05) is 0 Å². The largest absolute Gasteiger partial charge is 0.481 e. The average molecular weight is 243 g/mol. The van der Waals surface area contributed by atoms with E-state index in [9.17, 15) is 14.9 Å². The van der Waals surface area contributed by atoms with Crippen molar-refractivity contribution in [2.75, 3.05) is 6.61 Å². The molecule has 0 saturated carbocycles. The van der Waals surface area contributed by atoms with Crippen LogP contribution in [0.5, 0.6) is 5.88 Å². The molecule has 1 N–H and O–H groups in total. The van der Waals surface area contributed by atoms with Crippen molar-refractivity contribution in [3.63, 3.8) is 0 Å². The highest BCUT2D eigenvalue weighted by molar-refractivity contribution is 5.66. The normalized spacial score (nSPS) is 10.2. The van der Waals surface area contributed by atoms with Crippen LogP contribution in [0.25, 0.3) is 0 Å². The lowest BCUT2D eigenvalue weighted by atomic mass is 10.3. The summed E-state index contributed by atoms with van der Waals surface area (Å²) in [5, 5.41) is 23.0. The number of rotatable bonds is 7. The molecule has 0 unspecified atom stereocenters. The highest BCUT2D eigenvalue weighted by atomic mass is 16.6. The molecule has 8 nitrogen and oxygen atoms in total. The Morgan fingerprint density at radius 2 is 2.41 bits per heavy atom. The minimum absolute atomic E-state index is 0.00236. The number of nitrogens with zero attached hydrogens (tertiary/aromatic N) is 3. The number of nitro groups is 1. The van der Waals surface area contributed by atoms with E-state index in [1.165, 1.54) is 10.9 Å². The number of aryl methyl sites for hydroxylation is 1. The first-order valence-corrected chi connectivity index (χ1v) is 5.11. The van der Waals surface area contributed by atoms with E-state index in [0.29, 0.717) is 13.0 Å². The predicted molar refractivity (Wildman–Crippen MR) is 56.9 cm³/mol. The molecule has 0 aliphatic heterocycles. The minimum Gasteiger partial charge on any atom is -0.481 e. The van der Waals surface area contributed by atoms with Gasteiger partial charge in [-0.05, 0) is 13.3 Å². The van der Waals surface area contributed by atoms with Gasteiger partial charge in [0.2, 0.25) is 0 Å². The first-order chi connectivity index (χ1) is 8.04. The summed E-state index contributed by atoms with van der Waals surface area (Å²) in [5.74, 6) is -0.940. The number of hydrogen-bond acceptors (Lipinski definition) is 5. The summed E-state index contributed by atoms with van der Waals surface area (Å²) in [6.45, 7) is 2.29. The minimum atomic E-state index is -0.906. The Kier molecular flexibility index (Phi) is 4.44. The third-order valence-corrected chi connectivity index (χ3v) is 1.97. The summed E-state index contributed by atoms with van der Waals surface area (Å²) in [4.78, 5) is 20.4. The zero-order chi connectivity index (χ0) is 12.8. The second kappa shape index (κ2) is 5.83. The fraction of sp³-hybridized carbons (Fsp3) is 0.556. The maximum Gasteiger partial charge on any atom is 0.350 e. The molecule has 0 radical (unpaired) electrons. The Morgan fingerprint density at radius 1 is 1.71 bits per heavy atom. The molecule has 17 heavy (non-hydrogen) atoms. The van der Waals surface area contributed by atoms with Crippen molar-refractivity contribution in [1.29, 1.82) is 0 Å². The van der Waals surface area contributed by atoms with Crippen molar-refractivity contribution in [2.45, 2.75) is 26.3 Å². The molecule has 0 atom stereocenters. The van der Waals surface area contributed by atoms with Crippen LogP contribution in [0.15, 0.2) is 6.20 Å². The Balaban J connectivity index is 2.70. The second-order valence-corrected chi connectivity index (χ2v) is 3.27.